The van der Waals surface area contributed by atoms with E-state index in [-0.39, 0.29) is 18.2 Å². The van der Waals surface area contributed by atoms with Crippen LogP contribution >= 0.6 is 18.7 Å². The van der Waals surface area contributed by atoms with Gasteiger partial charge in [-0.25, -0.2) is 4.98 Å². The fourth-order valence-electron chi connectivity index (χ4n) is 9.44. The summed E-state index contributed by atoms with van der Waals surface area (Å²) < 4.78 is 25.5. The fourth-order valence-corrected chi connectivity index (χ4v) is 10.7. The molecule has 3 aliphatic rings. The number of methoxy groups -OCH3 is 1. The van der Waals surface area contributed by atoms with Crippen LogP contribution in [0.5, 0.6) is 17.2 Å². The third kappa shape index (κ3) is 10.6. The van der Waals surface area contributed by atoms with Crippen molar-refractivity contribution in [1.29, 1.82) is 0 Å². The van der Waals surface area contributed by atoms with Crippen molar-refractivity contribution in [3.05, 3.63) is 112 Å². The highest BCUT2D eigenvalue weighted by Gasteiger charge is 2.31. The number of ether oxygens (including phenoxy) is 2. The lowest BCUT2D eigenvalue weighted by Gasteiger charge is -2.40. The molecule has 16 heteroatoms. The van der Waals surface area contributed by atoms with Crippen molar-refractivity contribution in [2.45, 2.75) is 70.5 Å². The number of fused-ring (bicyclic) bond motifs is 1. The van der Waals surface area contributed by atoms with E-state index < -0.39 is 13.2 Å². The Balaban J connectivity index is 0.899. The second kappa shape index (κ2) is 20.4. The number of likely N-dealkylation sites (N-methyl/N-ethyl adjacent to an activating group) is 1. The van der Waals surface area contributed by atoms with E-state index >= 15 is 0 Å². The Labute approximate surface area is 391 Å². The molecule has 2 amide bonds. The SMILES string of the molecule is CCc1cc(Nc2ncc(Cl)c(Nc3ccccc3P(C)(C)=O)n2)c(OC)cc1N1CCC(N2CCc3ccc(Oc4cccc(C=O)c4CN(C)C4CCC(=O)NC4=O)cc3CC2)CC1. The van der Waals surface area contributed by atoms with Gasteiger partial charge in [0, 0.05) is 73.4 Å². The van der Waals surface area contributed by atoms with Gasteiger partial charge in [-0.05, 0) is 112 Å². The van der Waals surface area contributed by atoms with Gasteiger partial charge in [0.15, 0.2) is 12.1 Å². The highest BCUT2D eigenvalue weighted by Crippen LogP contribution is 2.40. The summed E-state index contributed by atoms with van der Waals surface area (Å²) in [5.41, 5.74) is 7.57. The van der Waals surface area contributed by atoms with Crippen molar-refractivity contribution < 1.29 is 28.4 Å². The molecule has 0 aliphatic carbocycles. The van der Waals surface area contributed by atoms with Crippen molar-refractivity contribution >= 4 is 71.0 Å². The number of halogens is 1. The molecule has 1 aromatic heterocycles. The Morgan fingerprint density at radius 2 is 1.68 bits per heavy atom. The monoisotopic (exact) mass is 932 g/mol. The number of imide groups is 1. The van der Waals surface area contributed by atoms with E-state index in [1.807, 2.05) is 48.3 Å². The number of aromatic nitrogens is 2. The van der Waals surface area contributed by atoms with Gasteiger partial charge in [-0.15, -0.1) is 0 Å². The Morgan fingerprint density at radius 1 is 0.909 bits per heavy atom. The minimum atomic E-state index is -2.57. The molecule has 14 nitrogen and oxygen atoms in total. The molecule has 1 atom stereocenters. The van der Waals surface area contributed by atoms with Crippen molar-refractivity contribution in [1.82, 2.24) is 25.1 Å². The molecular formula is C50H58ClN8O6P. The largest absolute Gasteiger partial charge is 0.494 e. The topological polar surface area (TPSA) is 158 Å². The Bertz CT molecular complexity index is 2670. The van der Waals surface area contributed by atoms with Crippen LogP contribution in [0.15, 0.2) is 79.0 Å². The van der Waals surface area contributed by atoms with Crippen LogP contribution in [0.25, 0.3) is 0 Å². The summed E-state index contributed by atoms with van der Waals surface area (Å²) in [6.45, 7) is 9.74. The quantitative estimate of drug-likeness (QED) is 0.0523. The molecule has 4 aromatic carbocycles. The number of nitrogens with zero attached hydrogens (tertiary/aromatic N) is 5. The summed E-state index contributed by atoms with van der Waals surface area (Å²) in [6, 6.07) is 23.4. The van der Waals surface area contributed by atoms with Gasteiger partial charge in [0.2, 0.25) is 17.8 Å². The number of rotatable bonds is 15. The van der Waals surface area contributed by atoms with Crippen molar-refractivity contribution in [2.24, 2.45) is 0 Å². The average Bonchev–Trinajstić information content (AvgIpc) is 3.52. The average molecular weight is 933 g/mol. The van der Waals surface area contributed by atoms with E-state index in [1.165, 1.54) is 16.7 Å². The molecule has 4 heterocycles. The zero-order valence-electron chi connectivity index (χ0n) is 38.2. The van der Waals surface area contributed by atoms with Gasteiger partial charge >= 0.3 is 0 Å². The van der Waals surface area contributed by atoms with Gasteiger partial charge in [-0.3, -0.25) is 29.5 Å². The summed E-state index contributed by atoms with van der Waals surface area (Å²) >= 11 is 6.55. The third-order valence-corrected chi connectivity index (χ3v) is 14.8. The highest BCUT2D eigenvalue weighted by atomic mass is 35.5. The first-order chi connectivity index (χ1) is 31.8. The van der Waals surface area contributed by atoms with Gasteiger partial charge in [-0.2, -0.15) is 4.98 Å². The number of aldehydes is 1. The Morgan fingerprint density at radius 3 is 2.41 bits per heavy atom. The summed E-state index contributed by atoms with van der Waals surface area (Å²) in [5.74, 6) is 2.12. The van der Waals surface area contributed by atoms with Crippen LogP contribution in [0.2, 0.25) is 5.02 Å². The molecule has 346 valence electrons. The summed E-state index contributed by atoms with van der Waals surface area (Å²) in [4.78, 5) is 52.7. The maximum absolute atomic E-state index is 13.0. The van der Waals surface area contributed by atoms with Gasteiger partial charge in [0.05, 0.1) is 30.7 Å². The van der Waals surface area contributed by atoms with Crippen molar-refractivity contribution in [3.63, 3.8) is 0 Å². The lowest BCUT2D eigenvalue weighted by Crippen LogP contribution is -2.51. The van der Waals surface area contributed by atoms with E-state index in [0.717, 1.165) is 75.9 Å². The van der Waals surface area contributed by atoms with Crippen LogP contribution in [0, 0.1) is 0 Å². The molecular weight excluding hydrogens is 875 g/mol. The molecule has 1 unspecified atom stereocenters. The van der Waals surface area contributed by atoms with Gasteiger partial charge in [0.25, 0.3) is 0 Å². The zero-order valence-corrected chi connectivity index (χ0v) is 39.9. The third-order valence-electron chi connectivity index (χ3n) is 13.0. The molecule has 2 saturated heterocycles. The summed E-state index contributed by atoms with van der Waals surface area (Å²) in [7, 11) is 0.929. The number of amides is 2. The predicted octanol–water partition coefficient (Wildman–Crippen LogP) is 8.35. The molecule has 66 heavy (non-hydrogen) atoms. The van der Waals surface area contributed by atoms with Crippen LogP contribution in [0.1, 0.15) is 65.2 Å². The van der Waals surface area contributed by atoms with Crippen LogP contribution in [0.4, 0.5) is 28.8 Å². The normalized spacial score (nSPS) is 17.2. The Kier molecular flexibility index (Phi) is 14.4. The number of carbonyl (C=O) groups excluding carboxylic acids is 3. The highest BCUT2D eigenvalue weighted by molar-refractivity contribution is 7.70. The molecule has 3 aliphatic heterocycles. The number of para-hydroxylation sites is 1. The summed E-state index contributed by atoms with van der Waals surface area (Å²) in [6.07, 6.45) is 7.83. The number of anilines is 5. The number of hydrogen-bond donors (Lipinski definition) is 3. The molecule has 8 rings (SSSR count). The molecule has 0 spiro atoms. The van der Waals surface area contributed by atoms with E-state index in [1.54, 1.807) is 38.8 Å². The number of carbonyl (C=O) groups is 3. The second-order valence-electron chi connectivity index (χ2n) is 17.7. The van der Waals surface area contributed by atoms with Crippen LogP contribution < -0.4 is 35.6 Å². The maximum Gasteiger partial charge on any atom is 0.243 e. The molecule has 2 fully saturated rings. The fraction of sp³-hybridized carbons (Fsp3) is 0.380. The van der Waals surface area contributed by atoms with E-state index in [9.17, 15) is 18.9 Å². The Hall–Kier alpha value is -5.79. The molecule has 0 radical (unpaired) electrons. The van der Waals surface area contributed by atoms with E-state index in [4.69, 9.17) is 26.1 Å². The minimum Gasteiger partial charge on any atom is -0.494 e. The standard InChI is InChI=1S/C50H58ClN8O6P/c1-6-32-27-41(54-50-52-29-39(51)48(56-50)53-40-11-7-8-13-46(40)66(4,5)63)45(64-3)28-43(32)59-24-20-36(21-25-59)58-22-18-33-14-15-37(26-34(33)19-23-58)65-44-12-9-10-35(31-60)38(44)30-57(2)42-16-17-47(61)55-49(42)62/h7-15,26-29,31,36,42H,6,16-25,30H2,1-5H3,(H,55,61,62)(H2,52,53,54,56). The molecule has 3 N–H and O–H groups in total. The first-order valence-electron chi connectivity index (χ1n) is 22.6. The summed E-state index contributed by atoms with van der Waals surface area (Å²) in [5, 5.41) is 10.1. The maximum atomic E-state index is 13.0. The zero-order chi connectivity index (χ0) is 46.5. The molecule has 0 saturated carbocycles. The minimum absolute atomic E-state index is 0.262. The number of nitrogens with one attached hydrogen (secondary N) is 3. The van der Waals surface area contributed by atoms with Crippen LogP contribution in [-0.4, -0.2) is 104 Å². The first-order valence-corrected chi connectivity index (χ1v) is 25.6. The lowest BCUT2D eigenvalue weighted by molar-refractivity contribution is -0.137. The predicted molar refractivity (Wildman–Crippen MR) is 262 cm³/mol. The van der Waals surface area contributed by atoms with Crippen molar-refractivity contribution in [3.8, 4) is 17.2 Å². The van der Waals surface area contributed by atoms with Crippen molar-refractivity contribution in [2.75, 3.05) is 69.2 Å². The van der Waals surface area contributed by atoms with Crippen LogP contribution in [-0.2, 0) is 40.0 Å². The number of benzene rings is 4. The lowest BCUT2D eigenvalue weighted by atomic mass is 9.99. The first kappa shape index (κ1) is 46.7. The number of piperidine rings is 2. The molecule has 5 aromatic rings. The molecule has 0 bridgehead atoms. The number of hydrogen-bond acceptors (Lipinski definition) is 13. The smallest absolute Gasteiger partial charge is 0.243 e. The second-order valence-corrected chi connectivity index (χ2v) is 21.2. The van der Waals surface area contributed by atoms with E-state index in [0.29, 0.717) is 75.2 Å². The number of aryl methyl sites for hydroxylation is 1. The van der Waals surface area contributed by atoms with Gasteiger partial charge < -0.3 is 29.6 Å². The van der Waals surface area contributed by atoms with Gasteiger partial charge in [-0.1, -0.05) is 48.9 Å². The van der Waals surface area contributed by atoms with Crippen LogP contribution in [0.3, 0.4) is 0 Å². The van der Waals surface area contributed by atoms with Gasteiger partial charge in [0.1, 0.15) is 29.4 Å². The van der Waals surface area contributed by atoms with E-state index in [2.05, 4.69) is 61.9 Å².